The molecule has 0 saturated heterocycles. The summed E-state index contributed by atoms with van der Waals surface area (Å²) in [6.07, 6.45) is -2.10. The maximum absolute atomic E-state index is 13.4. The van der Waals surface area contributed by atoms with Gasteiger partial charge in [-0.3, -0.25) is 18.2 Å². The molecule has 0 saturated carbocycles. The van der Waals surface area contributed by atoms with Gasteiger partial charge in [-0.25, -0.2) is 8.88 Å². The highest BCUT2D eigenvalue weighted by Gasteiger charge is 2.67. The third kappa shape index (κ3) is 6.82. The van der Waals surface area contributed by atoms with Gasteiger partial charge in [-0.1, -0.05) is 23.2 Å². The average molecular weight is 479 g/mol. The molecule has 1 atom stereocenters. The summed E-state index contributed by atoms with van der Waals surface area (Å²) in [6.45, 7) is 9.16. The van der Waals surface area contributed by atoms with E-state index in [-0.39, 0.29) is 0 Å². The van der Waals surface area contributed by atoms with Gasteiger partial charge in [-0.15, -0.1) is 0 Å². The van der Waals surface area contributed by atoms with Gasteiger partial charge in [0.2, 0.25) is 0 Å². The monoisotopic (exact) mass is 478 g/mol. The summed E-state index contributed by atoms with van der Waals surface area (Å²) >= 11 is 12.4. The molecule has 26 heavy (non-hydrogen) atoms. The molecule has 1 unspecified atom stereocenters. The molecule has 0 rings (SSSR count). The van der Waals surface area contributed by atoms with E-state index >= 15 is 0 Å². The zero-order valence-electron chi connectivity index (χ0n) is 16.0. The van der Waals surface area contributed by atoms with Gasteiger partial charge in [0, 0.05) is 14.2 Å². The van der Waals surface area contributed by atoms with E-state index in [9.17, 15) is 13.7 Å². The molecule has 9 nitrogen and oxygen atoms in total. The van der Waals surface area contributed by atoms with E-state index in [1.165, 1.54) is 13.8 Å². The van der Waals surface area contributed by atoms with Crippen LogP contribution in [-0.4, -0.2) is 36.3 Å². The first-order valence-electron chi connectivity index (χ1n) is 7.64. The molecule has 0 aliphatic rings. The highest BCUT2D eigenvalue weighted by Crippen LogP contribution is 2.85. The Morgan fingerprint density at radius 3 is 1.27 bits per heavy atom. The summed E-state index contributed by atoms with van der Waals surface area (Å²) in [5, 5.41) is 0. The number of hydrogen-bond donors (Lipinski definition) is 0. The van der Waals surface area contributed by atoms with Crippen molar-refractivity contribution in [2.75, 3.05) is 14.2 Å². The first-order chi connectivity index (χ1) is 11.6. The number of rotatable bonds is 12. The molecule has 158 valence electrons. The largest absolute Gasteiger partial charge is 0.481 e. The van der Waals surface area contributed by atoms with Crippen molar-refractivity contribution in [1.29, 1.82) is 0 Å². The molecular formula is C12H27Cl2O9P3. The Morgan fingerprint density at radius 2 is 1.00 bits per heavy atom. The van der Waals surface area contributed by atoms with E-state index in [1.54, 1.807) is 27.7 Å². The van der Waals surface area contributed by atoms with Crippen molar-refractivity contribution in [1.82, 2.24) is 0 Å². The number of phosphoric ester groups is 1. The normalized spacial score (nSPS) is 16.5. The second kappa shape index (κ2) is 10.2. The minimum atomic E-state index is -4.86. The summed E-state index contributed by atoms with van der Waals surface area (Å²) in [5.41, 5.74) is 0. The van der Waals surface area contributed by atoms with Crippen LogP contribution in [0.25, 0.3) is 0 Å². The standard InChI is InChI=1S/C12H27Cl2O9P3/c1-9(2)20-24(15,21-10(3)4)12(13,14)25(16,22-11(5)6)23-26(17,18-7)19-8/h9-11H,1-8H3. The summed E-state index contributed by atoms with van der Waals surface area (Å²) in [4.78, 5) is 0. The lowest BCUT2D eigenvalue weighted by Gasteiger charge is -2.36. The van der Waals surface area contributed by atoms with Gasteiger partial charge < -0.3 is 13.6 Å². The summed E-state index contributed by atoms with van der Waals surface area (Å²) in [5.74, 6) is 0. The van der Waals surface area contributed by atoms with Crippen molar-refractivity contribution >= 4 is 46.2 Å². The second-order valence-corrected chi connectivity index (χ2v) is 14.8. The first-order valence-corrected chi connectivity index (χ1v) is 12.9. The van der Waals surface area contributed by atoms with Crippen LogP contribution >= 0.6 is 46.2 Å². The van der Waals surface area contributed by atoms with Crippen LogP contribution in [0.15, 0.2) is 0 Å². The van der Waals surface area contributed by atoms with Crippen LogP contribution in [0.3, 0.4) is 0 Å². The lowest BCUT2D eigenvalue weighted by atomic mass is 10.5. The Labute approximate surface area is 165 Å². The fraction of sp³-hybridized carbons (Fsp3) is 1.00. The quantitative estimate of drug-likeness (QED) is 0.241. The van der Waals surface area contributed by atoms with Crippen LogP contribution in [0, 0.1) is 0 Å². The molecule has 0 spiro atoms. The van der Waals surface area contributed by atoms with E-state index < -0.39 is 45.1 Å². The molecule has 0 fully saturated rings. The molecule has 14 heteroatoms. The molecule has 0 aromatic heterocycles. The molecular weight excluding hydrogens is 452 g/mol. The topological polar surface area (TPSA) is 107 Å². The van der Waals surface area contributed by atoms with Gasteiger partial charge in [0.1, 0.15) is 0 Å². The van der Waals surface area contributed by atoms with Gasteiger partial charge in [0.05, 0.1) is 18.3 Å². The van der Waals surface area contributed by atoms with Crippen LogP contribution in [0.2, 0.25) is 0 Å². The van der Waals surface area contributed by atoms with Crippen molar-refractivity contribution in [2.45, 2.75) is 63.7 Å². The molecule has 0 radical (unpaired) electrons. The minimum Gasteiger partial charge on any atom is -0.303 e. The Hall–Kier alpha value is 1.03. The Kier molecular flexibility index (Phi) is 10.6. The summed E-state index contributed by atoms with van der Waals surface area (Å²) in [6, 6.07) is 0. The van der Waals surface area contributed by atoms with Gasteiger partial charge >= 0.3 is 26.8 Å². The molecule has 0 aliphatic carbocycles. The smallest absolute Gasteiger partial charge is 0.303 e. The van der Waals surface area contributed by atoms with E-state index in [2.05, 4.69) is 9.05 Å². The molecule has 0 bridgehead atoms. The molecule has 0 amide bonds. The van der Waals surface area contributed by atoms with Crippen molar-refractivity contribution in [3.8, 4) is 0 Å². The number of alkyl halides is 2. The van der Waals surface area contributed by atoms with E-state index in [1.807, 2.05) is 0 Å². The molecule has 0 aliphatic heterocycles. The number of halogens is 2. The number of hydrogen-bond acceptors (Lipinski definition) is 9. The highest BCUT2D eigenvalue weighted by molar-refractivity contribution is 7.82. The zero-order chi connectivity index (χ0) is 21.0. The van der Waals surface area contributed by atoms with E-state index in [0.29, 0.717) is 0 Å². The lowest BCUT2D eigenvalue weighted by Crippen LogP contribution is -2.25. The third-order valence-electron chi connectivity index (χ3n) is 2.36. The van der Waals surface area contributed by atoms with Crippen LogP contribution in [0.4, 0.5) is 0 Å². The third-order valence-corrected chi connectivity index (χ3v) is 12.3. The van der Waals surface area contributed by atoms with Gasteiger partial charge in [-0.2, -0.15) is 0 Å². The van der Waals surface area contributed by atoms with Crippen molar-refractivity contribution in [2.24, 2.45) is 0 Å². The maximum atomic E-state index is 13.4. The minimum absolute atomic E-state index is 0.666. The lowest BCUT2D eigenvalue weighted by molar-refractivity contribution is 0.136. The van der Waals surface area contributed by atoms with Crippen LogP contribution in [-0.2, 0) is 40.6 Å². The average Bonchev–Trinajstić information content (AvgIpc) is 2.44. The van der Waals surface area contributed by atoms with Crippen LogP contribution < -0.4 is 0 Å². The highest BCUT2D eigenvalue weighted by atomic mass is 35.5. The van der Waals surface area contributed by atoms with Crippen LogP contribution in [0.1, 0.15) is 41.5 Å². The van der Waals surface area contributed by atoms with Gasteiger partial charge in [0.15, 0.2) is 0 Å². The van der Waals surface area contributed by atoms with Crippen molar-refractivity contribution in [3.63, 3.8) is 0 Å². The SMILES string of the molecule is COP(=O)(OC)OP(=O)(OC(C)C)C(Cl)(Cl)P(=O)(OC(C)C)OC(C)C. The zero-order valence-corrected chi connectivity index (χ0v) is 20.2. The predicted octanol–water partition coefficient (Wildman–Crippen LogP) is 6.15. The predicted molar refractivity (Wildman–Crippen MR) is 101 cm³/mol. The Balaban J connectivity index is 6.36. The summed E-state index contributed by atoms with van der Waals surface area (Å²) in [7, 11) is -11.8. The Morgan fingerprint density at radius 1 is 0.692 bits per heavy atom. The van der Waals surface area contributed by atoms with Crippen LogP contribution in [0.5, 0.6) is 0 Å². The van der Waals surface area contributed by atoms with E-state index in [4.69, 9.17) is 41.1 Å². The van der Waals surface area contributed by atoms with Gasteiger partial charge in [-0.05, 0) is 41.5 Å². The molecule has 0 N–H and O–H groups in total. The van der Waals surface area contributed by atoms with E-state index in [0.717, 1.165) is 14.2 Å². The maximum Gasteiger partial charge on any atom is 0.481 e. The van der Waals surface area contributed by atoms with Crippen molar-refractivity contribution < 1.29 is 40.6 Å². The second-order valence-electron chi connectivity index (χ2n) is 5.86. The summed E-state index contributed by atoms with van der Waals surface area (Å²) < 4.78 is 66.2. The van der Waals surface area contributed by atoms with Crippen molar-refractivity contribution in [3.05, 3.63) is 0 Å². The molecule has 0 aromatic carbocycles. The Bertz CT molecular complexity index is 572. The van der Waals surface area contributed by atoms with Gasteiger partial charge in [0.25, 0.3) is 0 Å². The number of phosphoric acid groups is 1. The molecule has 0 heterocycles. The molecule has 0 aromatic rings. The first kappa shape index (κ1) is 27.0. The fourth-order valence-electron chi connectivity index (χ4n) is 1.54. The fourth-order valence-corrected chi connectivity index (χ4v) is 9.14.